The third kappa shape index (κ3) is 4.26. The van der Waals surface area contributed by atoms with Gasteiger partial charge in [-0.15, -0.1) is 5.10 Å². The number of benzene rings is 3. The third-order valence-corrected chi connectivity index (χ3v) is 7.15. The van der Waals surface area contributed by atoms with Crippen molar-refractivity contribution in [1.29, 1.82) is 0 Å². The fraction of sp³-hybridized carbons (Fsp3) is 0.286. The predicted molar refractivity (Wildman–Crippen MR) is 139 cm³/mol. The van der Waals surface area contributed by atoms with E-state index >= 15 is 0 Å². The van der Waals surface area contributed by atoms with Crippen LogP contribution in [-0.4, -0.2) is 39.0 Å². The van der Waals surface area contributed by atoms with Crippen molar-refractivity contribution in [3.05, 3.63) is 88.7 Å². The Kier molecular flexibility index (Phi) is 5.88. The van der Waals surface area contributed by atoms with Crippen molar-refractivity contribution in [3.63, 3.8) is 0 Å². The van der Waals surface area contributed by atoms with Crippen LogP contribution in [0.1, 0.15) is 30.0 Å². The summed E-state index contributed by atoms with van der Waals surface area (Å²) < 4.78 is 16.3. The molecule has 2 aliphatic heterocycles. The molecule has 178 valence electrons. The largest absolute Gasteiger partial charge is 0.486 e. The molecule has 7 heteroatoms. The van der Waals surface area contributed by atoms with Crippen molar-refractivity contribution in [3.8, 4) is 28.6 Å². The van der Waals surface area contributed by atoms with Gasteiger partial charge in [-0.2, -0.15) is 0 Å². The van der Waals surface area contributed by atoms with Crippen LogP contribution in [0, 0.1) is 11.7 Å². The van der Waals surface area contributed by atoms with Gasteiger partial charge in [0.1, 0.15) is 13.2 Å². The molecule has 3 heterocycles. The van der Waals surface area contributed by atoms with Gasteiger partial charge in [-0.3, -0.25) is 9.47 Å². The molecule has 1 unspecified atom stereocenters. The van der Waals surface area contributed by atoms with E-state index < -0.39 is 0 Å². The highest BCUT2D eigenvalue weighted by atomic mass is 32.1. The second-order valence-corrected chi connectivity index (χ2v) is 9.53. The van der Waals surface area contributed by atoms with E-state index in [1.54, 1.807) is 0 Å². The lowest BCUT2D eigenvalue weighted by Crippen LogP contribution is -2.27. The zero-order chi connectivity index (χ0) is 23.8. The first-order chi connectivity index (χ1) is 17.2. The molecule has 1 aromatic heterocycles. The van der Waals surface area contributed by atoms with E-state index in [1.807, 2.05) is 28.9 Å². The molecule has 1 atom stereocenters. The zero-order valence-electron chi connectivity index (χ0n) is 19.8. The minimum atomic E-state index is 0.289. The Hall–Kier alpha value is -3.42. The van der Waals surface area contributed by atoms with Crippen molar-refractivity contribution in [1.82, 2.24) is 19.2 Å². The van der Waals surface area contributed by atoms with E-state index in [2.05, 4.69) is 64.9 Å². The van der Waals surface area contributed by atoms with E-state index in [9.17, 15) is 0 Å². The fourth-order valence-electron chi connectivity index (χ4n) is 5.09. The molecule has 0 radical (unpaired) electrons. The monoisotopic (exact) mass is 484 g/mol. The SMILES string of the molecule is Cc1cccc(-c2nn(CN3CCCC3c3ccc4c(c3)OCCO4)c(=S)n2-c2ccccc2)c1. The standard InChI is InChI=1S/C28H28N4O2S/c1-20-7-5-8-22(17-20)27-29-31(28(35)32(27)23-9-3-2-4-10-23)19-30-14-6-11-24(30)21-12-13-25-26(18-21)34-16-15-33-25/h2-5,7-10,12-13,17-18,24H,6,11,14-16,19H2,1H3. The molecule has 2 aliphatic rings. The second-order valence-electron chi connectivity index (χ2n) is 9.16. The molecule has 0 saturated carbocycles. The van der Waals surface area contributed by atoms with Crippen LogP contribution in [0.15, 0.2) is 72.8 Å². The molecule has 3 aromatic carbocycles. The molecule has 0 amide bonds. The van der Waals surface area contributed by atoms with Gasteiger partial charge in [-0.05, 0) is 67.9 Å². The maximum Gasteiger partial charge on any atom is 0.204 e. The zero-order valence-corrected chi connectivity index (χ0v) is 20.6. The van der Waals surface area contributed by atoms with Crippen LogP contribution in [-0.2, 0) is 6.67 Å². The van der Waals surface area contributed by atoms with E-state index in [0.717, 1.165) is 48.0 Å². The Morgan fingerprint density at radius 1 is 0.943 bits per heavy atom. The third-order valence-electron chi connectivity index (χ3n) is 6.76. The minimum absolute atomic E-state index is 0.289. The van der Waals surface area contributed by atoms with Crippen molar-refractivity contribution in [2.24, 2.45) is 0 Å². The second kappa shape index (κ2) is 9.32. The summed E-state index contributed by atoms with van der Waals surface area (Å²) in [6, 6.07) is 25.3. The summed E-state index contributed by atoms with van der Waals surface area (Å²) in [4.78, 5) is 2.46. The summed E-state index contributed by atoms with van der Waals surface area (Å²) in [7, 11) is 0. The number of ether oxygens (including phenoxy) is 2. The van der Waals surface area contributed by atoms with E-state index in [1.165, 1.54) is 11.1 Å². The van der Waals surface area contributed by atoms with Gasteiger partial charge in [0.2, 0.25) is 4.77 Å². The molecule has 0 N–H and O–H groups in total. The number of rotatable bonds is 5. The highest BCUT2D eigenvalue weighted by Crippen LogP contribution is 2.38. The lowest BCUT2D eigenvalue weighted by molar-refractivity contribution is 0.168. The van der Waals surface area contributed by atoms with Gasteiger partial charge < -0.3 is 9.47 Å². The summed E-state index contributed by atoms with van der Waals surface area (Å²) >= 11 is 6.00. The van der Waals surface area contributed by atoms with E-state index in [0.29, 0.717) is 24.7 Å². The topological polar surface area (TPSA) is 44.5 Å². The maximum atomic E-state index is 6.00. The average Bonchev–Trinajstić information content (AvgIpc) is 3.49. The average molecular weight is 485 g/mol. The van der Waals surface area contributed by atoms with Crippen LogP contribution in [0.4, 0.5) is 0 Å². The van der Waals surface area contributed by atoms with Gasteiger partial charge >= 0.3 is 0 Å². The molecule has 35 heavy (non-hydrogen) atoms. The van der Waals surface area contributed by atoms with E-state index in [-0.39, 0.29) is 6.04 Å². The molecule has 0 aliphatic carbocycles. The number of likely N-dealkylation sites (tertiary alicyclic amines) is 1. The molecule has 4 aromatic rings. The normalized spacial score (nSPS) is 17.6. The Labute approximate surface area is 210 Å². The highest BCUT2D eigenvalue weighted by molar-refractivity contribution is 7.71. The number of hydrogen-bond donors (Lipinski definition) is 0. The lowest BCUT2D eigenvalue weighted by atomic mass is 10.0. The number of aryl methyl sites for hydroxylation is 1. The van der Waals surface area contributed by atoms with Crippen molar-refractivity contribution in [2.75, 3.05) is 19.8 Å². The molecule has 1 fully saturated rings. The summed E-state index contributed by atoms with van der Waals surface area (Å²) in [5.74, 6) is 2.53. The first kappa shape index (κ1) is 22.1. The van der Waals surface area contributed by atoms with Gasteiger partial charge in [0.25, 0.3) is 0 Å². The van der Waals surface area contributed by atoms with Crippen LogP contribution in [0.3, 0.4) is 0 Å². The molecule has 6 nitrogen and oxygen atoms in total. The van der Waals surface area contributed by atoms with Crippen LogP contribution >= 0.6 is 12.2 Å². The summed E-state index contributed by atoms with van der Waals surface area (Å²) in [6.07, 6.45) is 2.23. The van der Waals surface area contributed by atoms with Gasteiger partial charge in [-0.1, -0.05) is 48.0 Å². The molecule has 1 saturated heterocycles. The summed E-state index contributed by atoms with van der Waals surface area (Å²) in [5, 5.41) is 5.05. The van der Waals surface area contributed by atoms with Crippen LogP contribution in [0.5, 0.6) is 11.5 Å². The fourth-order valence-corrected chi connectivity index (χ4v) is 5.38. The Morgan fingerprint density at radius 2 is 1.77 bits per heavy atom. The molecular formula is C28H28N4O2S. The van der Waals surface area contributed by atoms with Crippen LogP contribution in [0.25, 0.3) is 17.1 Å². The first-order valence-corrected chi connectivity index (χ1v) is 12.5. The van der Waals surface area contributed by atoms with Gasteiger partial charge in [-0.25, -0.2) is 4.68 Å². The molecule has 0 spiro atoms. The summed E-state index contributed by atoms with van der Waals surface area (Å²) in [5.41, 5.74) is 4.52. The van der Waals surface area contributed by atoms with Gasteiger partial charge in [0, 0.05) is 23.8 Å². The van der Waals surface area contributed by atoms with E-state index in [4.69, 9.17) is 26.8 Å². The smallest absolute Gasteiger partial charge is 0.204 e. The van der Waals surface area contributed by atoms with Crippen molar-refractivity contribution < 1.29 is 9.47 Å². The molecule has 0 bridgehead atoms. The number of fused-ring (bicyclic) bond motifs is 1. The van der Waals surface area contributed by atoms with Crippen LogP contribution in [0.2, 0.25) is 0 Å². The Bertz CT molecular complexity index is 1410. The highest BCUT2D eigenvalue weighted by Gasteiger charge is 2.28. The maximum absolute atomic E-state index is 6.00. The van der Waals surface area contributed by atoms with Gasteiger partial charge in [0.15, 0.2) is 17.3 Å². The quantitative estimate of drug-likeness (QED) is 0.328. The number of aromatic nitrogens is 3. The van der Waals surface area contributed by atoms with Crippen LogP contribution < -0.4 is 9.47 Å². The number of hydrogen-bond acceptors (Lipinski definition) is 5. The lowest BCUT2D eigenvalue weighted by Gasteiger charge is -2.26. The number of nitrogens with zero attached hydrogens (tertiary/aromatic N) is 4. The van der Waals surface area contributed by atoms with Crippen molar-refractivity contribution in [2.45, 2.75) is 32.5 Å². The minimum Gasteiger partial charge on any atom is -0.486 e. The Morgan fingerprint density at radius 3 is 2.60 bits per heavy atom. The predicted octanol–water partition coefficient (Wildman–Crippen LogP) is 5.94. The molecule has 6 rings (SSSR count). The number of para-hydroxylation sites is 1. The Balaban J connectivity index is 1.36. The molecular weight excluding hydrogens is 456 g/mol. The first-order valence-electron chi connectivity index (χ1n) is 12.1. The summed E-state index contributed by atoms with van der Waals surface area (Å²) in [6.45, 7) is 4.94. The van der Waals surface area contributed by atoms with Gasteiger partial charge in [0.05, 0.1) is 6.67 Å². The van der Waals surface area contributed by atoms with Crippen molar-refractivity contribution >= 4 is 12.2 Å².